The summed E-state index contributed by atoms with van der Waals surface area (Å²) in [5.41, 5.74) is 0.858. The Morgan fingerprint density at radius 2 is 2.00 bits per heavy atom. The van der Waals surface area contributed by atoms with E-state index in [1.807, 2.05) is 24.3 Å². The van der Waals surface area contributed by atoms with Gasteiger partial charge >= 0.3 is 0 Å². The number of carbonyl (C=O) groups excluding carboxylic acids is 2. The van der Waals surface area contributed by atoms with Crippen LogP contribution in [-0.2, 0) is 14.3 Å². The van der Waals surface area contributed by atoms with Crippen LogP contribution < -0.4 is 5.32 Å². The first-order valence-corrected chi connectivity index (χ1v) is 10.5. The van der Waals surface area contributed by atoms with Gasteiger partial charge in [0.2, 0.25) is 11.8 Å². The van der Waals surface area contributed by atoms with Gasteiger partial charge in [0, 0.05) is 29.5 Å². The van der Waals surface area contributed by atoms with E-state index >= 15 is 0 Å². The lowest BCUT2D eigenvalue weighted by molar-refractivity contribution is -0.143. The van der Waals surface area contributed by atoms with E-state index in [9.17, 15) is 9.59 Å². The first-order valence-electron chi connectivity index (χ1n) is 9.08. The van der Waals surface area contributed by atoms with Crippen molar-refractivity contribution in [1.29, 1.82) is 0 Å². The molecule has 1 heterocycles. The SMILES string of the molecule is COCC(=O)N1[C@@H](C(=O)NC2CCCCC2)CS[C@@H]1c1ccccc1Cl. The highest BCUT2D eigenvalue weighted by atomic mass is 35.5. The standard InChI is InChI=1S/C19H25ClN2O3S/c1-25-11-17(23)22-16(18(24)21-13-7-3-2-4-8-13)12-26-19(22)14-9-5-6-10-15(14)20/h5-6,9-10,13,16,19H,2-4,7-8,11-12H2,1H3,(H,21,24)/t16-,19-/m1/s1. The Kier molecular flexibility index (Phi) is 6.84. The van der Waals surface area contributed by atoms with Gasteiger partial charge in [-0.1, -0.05) is 49.1 Å². The Balaban J connectivity index is 1.79. The summed E-state index contributed by atoms with van der Waals surface area (Å²) in [6, 6.07) is 7.21. The second-order valence-corrected chi connectivity index (χ2v) is 8.32. The fourth-order valence-corrected chi connectivity index (χ4v) is 5.46. The Morgan fingerprint density at radius 1 is 1.27 bits per heavy atom. The molecule has 3 rings (SSSR count). The second kappa shape index (κ2) is 9.11. The minimum atomic E-state index is -0.495. The Hall–Kier alpha value is -1.24. The number of ether oxygens (including phenoxy) is 1. The van der Waals surface area contributed by atoms with Gasteiger partial charge in [-0.05, 0) is 18.9 Å². The van der Waals surface area contributed by atoms with Crippen LogP contribution in [0.3, 0.4) is 0 Å². The normalized spacial score (nSPS) is 23.8. The summed E-state index contributed by atoms with van der Waals surface area (Å²) in [6.45, 7) is -0.0469. The summed E-state index contributed by atoms with van der Waals surface area (Å²) in [4.78, 5) is 27.3. The molecule has 1 N–H and O–H groups in total. The molecule has 26 heavy (non-hydrogen) atoms. The van der Waals surface area contributed by atoms with E-state index in [2.05, 4.69) is 5.32 Å². The highest BCUT2D eigenvalue weighted by molar-refractivity contribution is 7.99. The van der Waals surface area contributed by atoms with Gasteiger partial charge in [-0.15, -0.1) is 11.8 Å². The monoisotopic (exact) mass is 396 g/mol. The minimum absolute atomic E-state index is 0.0469. The van der Waals surface area contributed by atoms with Gasteiger partial charge in [-0.25, -0.2) is 0 Å². The molecule has 1 aliphatic heterocycles. The summed E-state index contributed by atoms with van der Waals surface area (Å²) in [5.74, 6) is 0.304. The highest BCUT2D eigenvalue weighted by Crippen LogP contribution is 2.43. The molecule has 142 valence electrons. The number of benzene rings is 1. The molecule has 0 unspecified atom stereocenters. The van der Waals surface area contributed by atoms with Crippen molar-refractivity contribution >= 4 is 35.2 Å². The topological polar surface area (TPSA) is 58.6 Å². The van der Waals surface area contributed by atoms with Crippen LogP contribution in [0, 0.1) is 0 Å². The molecular formula is C19H25ClN2O3S. The minimum Gasteiger partial charge on any atom is -0.375 e. The number of rotatable bonds is 5. The highest BCUT2D eigenvalue weighted by Gasteiger charge is 2.43. The predicted octanol–water partition coefficient (Wildman–Crippen LogP) is 3.38. The smallest absolute Gasteiger partial charge is 0.250 e. The van der Waals surface area contributed by atoms with Gasteiger partial charge in [0.15, 0.2) is 0 Å². The zero-order chi connectivity index (χ0) is 18.5. The van der Waals surface area contributed by atoms with Gasteiger partial charge in [0.1, 0.15) is 18.0 Å². The molecule has 0 aromatic heterocycles. The zero-order valence-electron chi connectivity index (χ0n) is 14.9. The molecule has 1 aromatic rings. The lowest BCUT2D eigenvalue weighted by Gasteiger charge is -2.31. The van der Waals surface area contributed by atoms with Crippen LogP contribution in [0.1, 0.15) is 43.0 Å². The van der Waals surface area contributed by atoms with Crippen LogP contribution in [0.25, 0.3) is 0 Å². The first-order chi connectivity index (χ1) is 12.6. The van der Waals surface area contributed by atoms with E-state index in [4.69, 9.17) is 16.3 Å². The number of hydrogen-bond donors (Lipinski definition) is 1. The van der Waals surface area contributed by atoms with Gasteiger partial charge in [0.05, 0.1) is 0 Å². The second-order valence-electron chi connectivity index (χ2n) is 6.80. The summed E-state index contributed by atoms with van der Waals surface area (Å²) >= 11 is 7.93. The van der Waals surface area contributed by atoms with Crippen molar-refractivity contribution in [3.8, 4) is 0 Å². The van der Waals surface area contributed by atoms with Crippen molar-refractivity contribution in [2.24, 2.45) is 0 Å². The van der Waals surface area contributed by atoms with Crippen LogP contribution in [0.5, 0.6) is 0 Å². The van der Waals surface area contributed by atoms with Crippen molar-refractivity contribution in [2.75, 3.05) is 19.5 Å². The van der Waals surface area contributed by atoms with Crippen LogP contribution in [0.15, 0.2) is 24.3 Å². The number of amides is 2. The Bertz CT molecular complexity index is 651. The van der Waals surface area contributed by atoms with Gasteiger partial charge in [-0.3, -0.25) is 9.59 Å². The van der Waals surface area contributed by atoms with Crippen molar-refractivity contribution in [2.45, 2.75) is 49.6 Å². The number of thioether (sulfide) groups is 1. The largest absolute Gasteiger partial charge is 0.375 e. The van der Waals surface area contributed by atoms with Crippen LogP contribution in [0.4, 0.5) is 0 Å². The molecule has 1 aromatic carbocycles. The van der Waals surface area contributed by atoms with Crippen molar-refractivity contribution in [3.05, 3.63) is 34.9 Å². The van der Waals surface area contributed by atoms with E-state index in [1.165, 1.54) is 13.5 Å². The molecule has 1 saturated carbocycles. The number of carbonyl (C=O) groups is 2. The predicted molar refractivity (Wildman–Crippen MR) is 104 cm³/mol. The van der Waals surface area contributed by atoms with E-state index in [-0.39, 0.29) is 29.8 Å². The van der Waals surface area contributed by atoms with Crippen LogP contribution in [0.2, 0.25) is 5.02 Å². The van der Waals surface area contributed by atoms with Gasteiger partial charge in [0.25, 0.3) is 0 Å². The lowest BCUT2D eigenvalue weighted by Crippen LogP contribution is -2.51. The third-order valence-corrected chi connectivity index (χ3v) is 6.63. The van der Waals surface area contributed by atoms with Crippen LogP contribution in [-0.4, -0.2) is 48.3 Å². The Labute approximate surface area is 163 Å². The molecule has 0 radical (unpaired) electrons. The zero-order valence-corrected chi connectivity index (χ0v) is 16.5. The molecule has 5 nitrogen and oxygen atoms in total. The molecule has 0 bridgehead atoms. The van der Waals surface area contributed by atoms with Crippen molar-refractivity contribution in [3.63, 3.8) is 0 Å². The fraction of sp³-hybridized carbons (Fsp3) is 0.579. The summed E-state index contributed by atoms with van der Waals surface area (Å²) in [5, 5.41) is 3.49. The first kappa shape index (κ1) is 19.5. The molecule has 2 amide bonds. The molecule has 2 fully saturated rings. The van der Waals surface area contributed by atoms with E-state index in [1.54, 1.807) is 16.7 Å². The summed E-state index contributed by atoms with van der Waals surface area (Å²) < 4.78 is 5.04. The van der Waals surface area contributed by atoms with E-state index < -0.39 is 6.04 Å². The van der Waals surface area contributed by atoms with Crippen molar-refractivity contribution in [1.82, 2.24) is 10.2 Å². The summed E-state index contributed by atoms with van der Waals surface area (Å²) in [7, 11) is 1.49. The summed E-state index contributed by atoms with van der Waals surface area (Å²) in [6.07, 6.45) is 5.58. The average Bonchev–Trinajstić information content (AvgIpc) is 3.08. The van der Waals surface area contributed by atoms with Crippen molar-refractivity contribution < 1.29 is 14.3 Å². The maximum Gasteiger partial charge on any atom is 0.250 e. The van der Waals surface area contributed by atoms with E-state index in [0.29, 0.717) is 10.8 Å². The van der Waals surface area contributed by atoms with E-state index in [0.717, 1.165) is 31.2 Å². The molecule has 2 atom stereocenters. The average molecular weight is 397 g/mol. The third-order valence-electron chi connectivity index (χ3n) is 4.98. The van der Waals surface area contributed by atoms with Gasteiger partial charge < -0.3 is 15.0 Å². The Morgan fingerprint density at radius 3 is 2.69 bits per heavy atom. The van der Waals surface area contributed by atoms with Crippen LogP contribution >= 0.6 is 23.4 Å². The van der Waals surface area contributed by atoms with Gasteiger partial charge in [-0.2, -0.15) is 0 Å². The number of hydrogen-bond acceptors (Lipinski definition) is 4. The third kappa shape index (κ3) is 4.35. The number of halogens is 1. The lowest BCUT2D eigenvalue weighted by atomic mass is 9.95. The molecule has 7 heteroatoms. The quantitative estimate of drug-likeness (QED) is 0.828. The molecule has 1 aliphatic carbocycles. The fourth-order valence-electron chi connectivity index (χ4n) is 3.67. The number of nitrogens with one attached hydrogen (secondary N) is 1. The maximum absolute atomic E-state index is 12.9. The maximum atomic E-state index is 12.9. The number of nitrogens with zero attached hydrogens (tertiary/aromatic N) is 1. The molecule has 2 aliphatic rings. The molecule has 0 spiro atoms. The molecular weight excluding hydrogens is 372 g/mol. The number of methoxy groups -OCH3 is 1. The molecule has 1 saturated heterocycles.